The number of unbranched alkanes of at least 4 members (excludes halogenated alkanes) is 3. The number of methoxy groups -OCH3 is 2. The molecule has 0 aliphatic heterocycles. The monoisotopic (exact) mass is 251 g/mol. The zero-order chi connectivity index (χ0) is 13.1. The molecule has 3 nitrogen and oxygen atoms in total. The molecule has 0 saturated carbocycles. The molecule has 0 unspecified atom stereocenters. The van der Waals surface area contributed by atoms with Gasteiger partial charge in [-0.3, -0.25) is 0 Å². The standard InChI is InChI=1S/C15H23O3/c1-16-15(17-2)12-8-3-4-9-13-18-14-10-6-5-7-11-14/h5-7,10-11H,3-4,8-9,12-13H2,1-2H3. The molecule has 1 aromatic rings. The highest BCUT2D eigenvalue weighted by atomic mass is 16.7. The lowest BCUT2D eigenvalue weighted by Crippen LogP contribution is -2.02. The van der Waals surface area contributed by atoms with Gasteiger partial charge in [0.05, 0.1) is 6.61 Å². The van der Waals surface area contributed by atoms with Gasteiger partial charge in [0.2, 0.25) is 6.29 Å². The minimum absolute atomic E-state index is 0.718. The molecule has 0 spiro atoms. The minimum Gasteiger partial charge on any atom is -0.494 e. The third-order valence-corrected chi connectivity index (χ3v) is 2.74. The largest absolute Gasteiger partial charge is 0.494 e. The van der Waals surface area contributed by atoms with Gasteiger partial charge in [-0.1, -0.05) is 31.0 Å². The van der Waals surface area contributed by atoms with Gasteiger partial charge in [0.1, 0.15) is 5.75 Å². The fourth-order valence-corrected chi connectivity index (χ4v) is 1.72. The summed E-state index contributed by atoms with van der Waals surface area (Å²) in [5.41, 5.74) is 0. The number of hydrogen-bond acceptors (Lipinski definition) is 3. The molecule has 101 valence electrons. The smallest absolute Gasteiger partial charge is 0.223 e. The first kappa shape index (κ1) is 15.0. The average Bonchev–Trinajstić information content (AvgIpc) is 2.43. The van der Waals surface area contributed by atoms with Crippen LogP contribution in [0.4, 0.5) is 0 Å². The molecule has 0 N–H and O–H groups in total. The summed E-state index contributed by atoms with van der Waals surface area (Å²) in [7, 11) is 3.29. The van der Waals surface area contributed by atoms with Gasteiger partial charge < -0.3 is 14.2 Å². The minimum atomic E-state index is 0.718. The first-order valence-corrected chi connectivity index (χ1v) is 6.48. The van der Waals surface area contributed by atoms with Gasteiger partial charge in [0.25, 0.3) is 0 Å². The van der Waals surface area contributed by atoms with E-state index in [1.54, 1.807) is 14.2 Å². The van der Waals surface area contributed by atoms with E-state index in [2.05, 4.69) is 0 Å². The van der Waals surface area contributed by atoms with Crippen molar-refractivity contribution in [2.45, 2.75) is 32.1 Å². The van der Waals surface area contributed by atoms with Crippen molar-refractivity contribution >= 4 is 0 Å². The zero-order valence-electron chi connectivity index (χ0n) is 11.4. The highest BCUT2D eigenvalue weighted by Crippen LogP contribution is 2.14. The molecule has 0 aliphatic carbocycles. The Labute approximate surface area is 110 Å². The van der Waals surface area contributed by atoms with E-state index in [1.165, 1.54) is 12.8 Å². The molecule has 3 heteroatoms. The SMILES string of the molecule is CO[C](CCCCCCOc1ccccc1)OC. The zero-order valence-corrected chi connectivity index (χ0v) is 11.4. The van der Waals surface area contributed by atoms with Crippen LogP contribution in [-0.4, -0.2) is 20.8 Å². The normalized spacial score (nSPS) is 10.8. The summed E-state index contributed by atoms with van der Waals surface area (Å²) in [4.78, 5) is 0. The van der Waals surface area contributed by atoms with Crippen LogP contribution < -0.4 is 4.74 Å². The first-order chi connectivity index (χ1) is 8.86. The molecule has 0 bridgehead atoms. The van der Waals surface area contributed by atoms with Crippen molar-refractivity contribution in [3.05, 3.63) is 36.6 Å². The van der Waals surface area contributed by atoms with E-state index in [1.807, 2.05) is 30.3 Å². The van der Waals surface area contributed by atoms with Crippen molar-refractivity contribution in [2.24, 2.45) is 0 Å². The molecule has 0 amide bonds. The maximum absolute atomic E-state index is 5.62. The van der Waals surface area contributed by atoms with Crippen LogP contribution in [0.5, 0.6) is 5.75 Å². The summed E-state index contributed by atoms with van der Waals surface area (Å²) in [5.74, 6) is 0.951. The molecule has 18 heavy (non-hydrogen) atoms. The van der Waals surface area contributed by atoms with Crippen LogP contribution in [0.3, 0.4) is 0 Å². The summed E-state index contributed by atoms with van der Waals surface area (Å²) >= 11 is 0. The van der Waals surface area contributed by atoms with Gasteiger partial charge in [-0.15, -0.1) is 0 Å². The predicted octanol–water partition coefficient (Wildman–Crippen LogP) is 3.80. The number of hydrogen-bond donors (Lipinski definition) is 0. The molecule has 0 atom stereocenters. The molecular formula is C15H23O3. The Morgan fingerprint density at radius 2 is 1.56 bits per heavy atom. The molecule has 0 aliphatic rings. The molecule has 0 fully saturated rings. The maximum Gasteiger partial charge on any atom is 0.223 e. The fourth-order valence-electron chi connectivity index (χ4n) is 1.72. The van der Waals surface area contributed by atoms with Gasteiger partial charge in [-0.25, -0.2) is 0 Å². The average molecular weight is 251 g/mol. The lowest BCUT2D eigenvalue weighted by Gasteiger charge is -2.10. The summed E-state index contributed by atoms with van der Waals surface area (Å²) < 4.78 is 15.7. The van der Waals surface area contributed by atoms with E-state index in [-0.39, 0.29) is 0 Å². The van der Waals surface area contributed by atoms with Crippen molar-refractivity contribution in [1.29, 1.82) is 0 Å². The Morgan fingerprint density at radius 3 is 2.22 bits per heavy atom. The lowest BCUT2D eigenvalue weighted by molar-refractivity contribution is -0.00389. The van der Waals surface area contributed by atoms with E-state index in [0.29, 0.717) is 0 Å². The Balaban J connectivity index is 1.93. The Kier molecular flexibility index (Phi) is 8.26. The molecule has 0 saturated heterocycles. The van der Waals surface area contributed by atoms with Crippen molar-refractivity contribution in [3.63, 3.8) is 0 Å². The van der Waals surface area contributed by atoms with E-state index >= 15 is 0 Å². The number of benzene rings is 1. The molecular weight excluding hydrogens is 228 g/mol. The maximum atomic E-state index is 5.62. The van der Waals surface area contributed by atoms with E-state index in [4.69, 9.17) is 14.2 Å². The van der Waals surface area contributed by atoms with Crippen LogP contribution in [0.2, 0.25) is 0 Å². The van der Waals surface area contributed by atoms with Crippen molar-refractivity contribution < 1.29 is 14.2 Å². The lowest BCUT2D eigenvalue weighted by atomic mass is 10.1. The number of rotatable bonds is 10. The van der Waals surface area contributed by atoms with Gasteiger partial charge in [0.15, 0.2) is 0 Å². The Bertz CT molecular complexity index is 283. The van der Waals surface area contributed by atoms with Crippen LogP contribution in [0, 0.1) is 6.29 Å². The molecule has 1 radical (unpaired) electrons. The van der Waals surface area contributed by atoms with Crippen LogP contribution >= 0.6 is 0 Å². The van der Waals surface area contributed by atoms with Gasteiger partial charge in [-0.05, 0) is 25.0 Å². The van der Waals surface area contributed by atoms with Crippen LogP contribution in [-0.2, 0) is 9.47 Å². The topological polar surface area (TPSA) is 27.7 Å². The van der Waals surface area contributed by atoms with E-state index in [0.717, 1.165) is 37.9 Å². The highest BCUT2D eigenvalue weighted by Gasteiger charge is 2.05. The summed E-state index contributed by atoms with van der Waals surface area (Å²) in [5, 5.41) is 0. The van der Waals surface area contributed by atoms with Crippen LogP contribution in [0.1, 0.15) is 32.1 Å². The summed E-state index contributed by atoms with van der Waals surface area (Å²) in [6, 6.07) is 9.94. The van der Waals surface area contributed by atoms with Crippen molar-refractivity contribution in [3.8, 4) is 5.75 Å². The second-order valence-corrected chi connectivity index (χ2v) is 4.11. The molecule has 0 heterocycles. The van der Waals surface area contributed by atoms with Gasteiger partial charge >= 0.3 is 0 Å². The fraction of sp³-hybridized carbons (Fsp3) is 0.533. The number of para-hydroxylation sites is 1. The van der Waals surface area contributed by atoms with Crippen molar-refractivity contribution in [2.75, 3.05) is 20.8 Å². The predicted molar refractivity (Wildman–Crippen MR) is 72.3 cm³/mol. The van der Waals surface area contributed by atoms with Crippen LogP contribution in [0.15, 0.2) is 30.3 Å². The third-order valence-electron chi connectivity index (χ3n) is 2.74. The first-order valence-electron chi connectivity index (χ1n) is 6.48. The van der Waals surface area contributed by atoms with Gasteiger partial charge in [-0.2, -0.15) is 0 Å². The van der Waals surface area contributed by atoms with Crippen LogP contribution in [0.25, 0.3) is 0 Å². The highest BCUT2D eigenvalue weighted by molar-refractivity contribution is 5.20. The van der Waals surface area contributed by atoms with Gasteiger partial charge in [0, 0.05) is 20.6 Å². The summed E-state index contributed by atoms with van der Waals surface area (Å²) in [6.45, 7) is 0.787. The third kappa shape index (κ3) is 6.62. The quantitative estimate of drug-likeness (QED) is 0.592. The number of ether oxygens (including phenoxy) is 3. The molecule has 0 aromatic heterocycles. The second-order valence-electron chi connectivity index (χ2n) is 4.11. The molecule has 1 rings (SSSR count). The summed E-state index contributed by atoms with van der Waals surface area (Å²) in [6.07, 6.45) is 6.14. The Morgan fingerprint density at radius 1 is 0.889 bits per heavy atom. The van der Waals surface area contributed by atoms with E-state index in [9.17, 15) is 0 Å². The second kappa shape index (κ2) is 9.92. The van der Waals surface area contributed by atoms with E-state index < -0.39 is 0 Å². The van der Waals surface area contributed by atoms with Crippen molar-refractivity contribution in [1.82, 2.24) is 0 Å². The molecule has 1 aromatic carbocycles. The Hall–Kier alpha value is -1.06.